The minimum Gasteiger partial charge on any atom is -0.381 e. The Morgan fingerprint density at radius 3 is 2.45 bits per heavy atom. The van der Waals surface area contributed by atoms with E-state index < -0.39 is 5.91 Å². The Morgan fingerprint density at radius 2 is 1.80 bits per heavy atom. The summed E-state index contributed by atoms with van der Waals surface area (Å²) in [6.45, 7) is 6.94. The molecule has 0 atom stereocenters. The minimum atomic E-state index is -0.394. The van der Waals surface area contributed by atoms with Crippen molar-refractivity contribution in [2.24, 2.45) is 5.73 Å². The van der Waals surface area contributed by atoms with Crippen molar-refractivity contribution in [1.29, 1.82) is 0 Å². The smallest absolute Gasteiger partial charge is 0.248 e. The maximum Gasteiger partial charge on any atom is 0.248 e. The highest BCUT2D eigenvalue weighted by atomic mass is 16.1. The summed E-state index contributed by atoms with van der Waals surface area (Å²) in [5.74, 6) is -0.394. The molecule has 0 saturated carbocycles. The Balaban J connectivity index is 2.15. The van der Waals surface area contributed by atoms with Gasteiger partial charge in [-0.1, -0.05) is 23.8 Å². The molecule has 0 saturated heterocycles. The first-order valence-corrected chi connectivity index (χ1v) is 6.68. The summed E-state index contributed by atoms with van der Waals surface area (Å²) in [7, 11) is 0. The molecular weight excluding hydrogens is 248 g/mol. The molecule has 0 radical (unpaired) electrons. The molecular formula is C17H20N2O. The SMILES string of the molecule is Cc1ccc(C)c(CNc2ccc(C(N)=O)cc2C)c1. The van der Waals surface area contributed by atoms with Crippen LogP contribution in [0.2, 0.25) is 0 Å². The number of anilines is 1. The predicted molar refractivity (Wildman–Crippen MR) is 82.9 cm³/mol. The van der Waals surface area contributed by atoms with Crippen molar-refractivity contribution in [2.45, 2.75) is 27.3 Å². The van der Waals surface area contributed by atoms with E-state index in [0.717, 1.165) is 17.8 Å². The van der Waals surface area contributed by atoms with Crippen molar-refractivity contribution in [1.82, 2.24) is 0 Å². The van der Waals surface area contributed by atoms with Crippen molar-refractivity contribution in [3.05, 3.63) is 64.2 Å². The molecule has 0 unspecified atom stereocenters. The number of carbonyl (C=O) groups is 1. The summed E-state index contributed by atoms with van der Waals surface area (Å²) in [5, 5.41) is 3.41. The number of nitrogens with two attached hydrogens (primary N) is 1. The van der Waals surface area contributed by atoms with E-state index in [1.54, 1.807) is 6.07 Å². The van der Waals surface area contributed by atoms with Crippen molar-refractivity contribution >= 4 is 11.6 Å². The lowest BCUT2D eigenvalue weighted by molar-refractivity contribution is 0.1000. The summed E-state index contributed by atoms with van der Waals surface area (Å²) in [5.41, 5.74) is 11.7. The number of aryl methyl sites for hydroxylation is 3. The second kappa shape index (κ2) is 5.78. The zero-order chi connectivity index (χ0) is 14.7. The predicted octanol–water partition coefficient (Wildman–Crippen LogP) is 3.32. The number of hydrogen-bond donors (Lipinski definition) is 2. The maximum atomic E-state index is 11.1. The van der Waals surface area contributed by atoms with Crippen LogP contribution in [0.4, 0.5) is 5.69 Å². The van der Waals surface area contributed by atoms with E-state index >= 15 is 0 Å². The molecule has 0 bridgehead atoms. The Bertz CT molecular complexity index is 647. The average Bonchev–Trinajstić information content (AvgIpc) is 2.40. The van der Waals surface area contributed by atoms with Crippen LogP contribution in [0.15, 0.2) is 36.4 Å². The number of hydrogen-bond acceptors (Lipinski definition) is 2. The van der Waals surface area contributed by atoms with E-state index in [9.17, 15) is 4.79 Å². The Labute approximate surface area is 119 Å². The summed E-state index contributed by atoms with van der Waals surface area (Å²) in [6, 6.07) is 11.9. The summed E-state index contributed by atoms with van der Waals surface area (Å²) >= 11 is 0. The topological polar surface area (TPSA) is 55.1 Å². The van der Waals surface area contributed by atoms with Gasteiger partial charge < -0.3 is 11.1 Å². The number of rotatable bonds is 4. The van der Waals surface area contributed by atoms with Gasteiger partial charge in [-0.3, -0.25) is 4.79 Å². The molecule has 0 fully saturated rings. The number of amides is 1. The first-order valence-electron chi connectivity index (χ1n) is 6.68. The fourth-order valence-electron chi connectivity index (χ4n) is 2.20. The Morgan fingerprint density at radius 1 is 1.05 bits per heavy atom. The van der Waals surface area contributed by atoms with E-state index in [4.69, 9.17) is 5.73 Å². The highest BCUT2D eigenvalue weighted by molar-refractivity contribution is 5.93. The molecule has 104 valence electrons. The van der Waals surface area contributed by atoms with Gasteiger partial charge >= 0.3 is 0 Å². The van der Waals surface area contributed by atoms with Gasteiger partial charge in [0, 0.05) is 17.8 Å². The Hall–Kier alpha value is -2.29. The summed E-state index contributed by atoms with van der Waals surface area (Å²) in [6.07, 6.45) is 0. The van der Waals surface area contributed by atoms with Gasteiger partial charge in [-0.25, -0.2) is 0 Å². The van der Waals surface area contributed by atoms with Crippen LogP contribution in [0.25, 0.3) is 0 Å². The molecule has 0 spiro atoms. The van der Waals surface area contributed by atoms with Gasteiger partial charge in [0.2, 0.25) is 5.91 Å². The van der Waals surface area contributed by atoms with Gasteiger partial charge in [0.05, 0.1) is 0 Å². The summed E-state index contributed by atoms with van der Waals surface area (Å²) in [4.78, 5) is 11.1. The van der Waals surface area contributed by atoms with Crippen LogP contribution in [0.1, 0.15) is 32.6 Å². The number of primary amides is 1. The van der Waals surface area contributed by atoms with Crippen molar-refractivity contribution in [3.8, 4) is 0 Å². The van der Waals surface area contributed by atoms with Crippen LogP contribution in [0, 0.1) is 20.8 Å². The maximum absolute atomic E-state index is 11.1. The molecule has 3 nitrogen and oxygen atoms in total. The van der Waals surface area contributed by atoms with Crippen LogP contribution in [-0.4, -0.2) is 5.91 Å². The molecule has 2 rings (SSSR count). The monoisotopic (exact) mass is 268 g/mol. The zero-order valence-corrected chi connectivity index (χ0v) is 12.2. The van der Waals surface area contributed by atoms with Gasteiger partial charge in [-0.05, 0) is 55.7 Å². The first kappa shape index (κ1) is 14.1. The van der Waals surface area contributed by atoms with Crippen molar-refractivity contribution in [2.75, 3.05) is 5.32 Å². The third-order valence-corrected chi connectivity index (χ3v) is 3.48. The van der Waals surface area contributed by atoms with Gasteiger partial charge in [0.25, 0.3) is 0 Å². The molecule has 0 aliphatic heterocycles. The fourth-order valence-corrected chi connectivity index (χ4v) is 2.20. The lowest BCUT2D eigenvalue weighted by Crippen LogP contribution is -2.11. The molecule has 0 aliphatic rings. The number of carbonyl (C=O) groups excluding carboxylic acids is 1. The molecule has 0 aromatic heterocycles. The van der Waals surface area contributed by atoms with Crippen LogP contribution in [0.5, 0.6) is 0 Å². The van der Waals surface area contributed by atoms with Crippen molar-refractivity contribution in [3.63, 3.8) is 0 Å². The van der Waals surface area contributed by atoms with Gasteiger partial charge in [0.15, 0.2) is 0 Å². The normalized spacial score (nSPS) is 10.3. The third-order valence-electron chi connectivity index (χ3n) is 3.48. The zero-order valence-electron chi connectivity index (χ0n) is 12.2. The van der Waals surface area contributed by atoms with E-state index in [1.165, 1.54) is 16.7 Å². The van der Waals surface area contributed by atoms with E-state index in [-0.39, 0.29) is 0 Å². The quantitative estimate of drug-likeness (QED) is 0.893. The molecule has 2 aromatic carbocycles. The van der Waals surface area contributed by atoms with Crippen LogP contribution in [-0.2, 0) is 6.54 Å². The van der Waals surface area contributed by atoms with Crippen LogP contribution in [0.3, 0.4) is 0 Å². The van der Waals surface area contributed by atoms with E-state index in [1.807, 2.05) is 19.1 Å². The fraction of sp³-hybridized carbons (Fsp3) is 0.235. The third kappa shape index (κ3) is 3.18. The average molecular weight is 268 g/mol. The van der Waals surface area contributed by atoms with Gasteiger partial charge in [0.1, 0.15) is 0 Å². The number of benzene rings is 2. The summed E-state index contributed by atoms with van der Waals surface area (Å²) < 4.78 is 0. The second-order valence-electron chi connectivity index (χ2n) is 5.18. The standard InChI is InChI=1S/C17H20N2O/c1-11-4-5-12(2)15(8-11)10-19-16-7-6-14(17(18)20)9-13(16)3/h4-9,19H,10H2,1-3H3,(H2,18,20). The molecule has 2 aromatic rings. The highest BCUT2D eigenvalue weighted by Crippen LogP contribution is 2.18. The first-order chi connectivity index (χ1) is 9.47. The second-order valence-corrected chi connectivity index (χ2v) is 5.18. The van der Waals surface area contributed by atoms with E-state index in [0.29, 0.717) is 5.56 Å². The number of nitrogens with one attached hydrogen (secondary N) is 1. The lowest BCUT2D eigenvalue weighted by atomic mass is 10.0. The lowest BCUT2D eigenvalue weighted by Gasteiger charge is -2.12. The highest BCUT2D eigenvalue weighted by Gasteiger charge is 2.05. The van der Waals surface area contributed by atoms with E-state index in [2.05, 4.69) is 37.4 Å². The van der Waals surface area contributed by atoms with Crippen LogP contribution >= 0.6 is 0 Å². The molecule has 1 amide bonds. The van der Waals surface area contributed by atoms with Crippen molar-refractivity contribution < 1.29 is 4.79 Å². The van der Waals surface area contributed by atoms with Gasteiger partial charge in [-0.2, -0.15) is 0 Å². The Kier molecular flexibility index (Phi) is 4.08. The molecule has 3 N–H and O–H groups in total. The van der Waals surface area contributed by atoms with Crippen LogP contribution < -0.4 is 11.1 Å². The van der Waals surface area contributed by atoms with Gasteiger partial charge in [-0.15, -0.1) is 0 Å². The molecule has 20 heavy (non-hydrogen) atoms. The molecule has 0 aliphatic carbocycles. The minimum absolute atomic E-state index is 0.394. The molecule has 0 heterocycles. The largest absolute Gasteiger partial charge is 0.381 e. The molecule has 3 heteroatoms.